The van der Waals surface area contributed by atoms with E-state index in [0.717, 1.165) is 17.0 Å². The van der Waals surface area contributed by atoms with Gasteiger partial charge in [0, 0.05) is 30.2 Å². The molecule has 0 amide bonds. The van der Waals surface area contributed by atoms with Crippen molar-refractivity contribution < 1.29 is 13.2 Å². The molecule has 0 spiro atoms. The molecule has 0 bridgehead atoms. The predicted octanol–water partition coefficient (Wildman–Crippen LogP) is 3.40. The highest BCUT2D eigenvalue weighted by molar-refractivity contribution is 5.84. The number of halogens is 3. The molecule has 0 aliphatic carbocycles. The quantitative estimate of drug-likeness (QED) is 0.890. The fourth-order valence-corrected chi connectivity index (χ4v) is 2.14. The van der Waals surface area contributed by atoms with Crippen molar-refractivity contribution in [3.63, 3.8) is 0 Å². The van der Waals surface area contributed by atoms with Gasteiger partial charge in [-0.1, -0.05) is 6.07 Å². The van der Waals surface area contributed by atoms with Crippen molar-refractivity contribution in [3.05, 3.63) is 35.5 Å². The van der Waals surface area contributed by atoms with Gasteiger partial charge in [-0.15, -0.1) is 0 Å². The average molecular weight is 256 g/mol. The lowest BCUT2D eigenvalue weighted by Gasteiger charge is -2.08. The smallest absolute Gasteiger partial charge is 0.347 e. The molecule has 0 aliphatic heterocycles. The largest absolute Gasteiger partial charge is 0.416 e. The molecule has 0 aliphatic rings. The zero-order valence-corrected chi connectivity index (χ0v) is 10.3. The number of aromatic nitrogens is 1. The van der Waals surface area contributed by atoms with E-state index in [0.29, 0.717) is 18.6 Å². The Morgan fingerprint density at radius 3 is 2.56 bits per heavy atom. The summed E-state index contributed by atoms with van der Waals surface area (Å²) in [4.78, 5) is 0. The monoisotopic (exact) mass is 256 g/mol. The van der Waals surface area contributed by atoms with Crippen molar-refractivity contribution >= 4 is 10.9 Å². The second-order valence-electron chi connectivity index (χ2n) is 4.20. The molecule has 1 heterocycles. The van der Waals surface area contributed by atoms with Crippen LogP contribution in [0, 0.1) is 0 Å². The van der Waals surface area contributed by atoms with Gasteiger partial charge in [0.05, 0.1) is 5.56 Å². The molecule has 18 heavy (non-hydrogen) atoms. The van der Waals surface area contributed by atoms with E-state index in [2.05, 4.69) is 5.32 Å². The van der Waals surface area contributed by atoms with Crippen LogP contribution >= 0.6 is 0 Å². The van der Waals surface area contributed by atoms with Crippen LogP contribution in [-0.2, 0) is 19.3 Å². The third-order valence-corrected chi connectivity index (χ3v) is 3.00. The number of nitrogens with one attached hydrogen (secondary N) is 1. The molecule has 0 saturated carbocycles. The number of alkyl halides is 3. The Kier molecular flexibility index (Phi) is 3.34. The number of nitrogens with zero attached hydrogens (tertiary/aromatic N) is 1. The number of rotatable bonds is 3. The fourth-order valence-electron chi connectivity index (χ4n) is 2.14. The molecule has 2 nitrogen and oxygen atoms in total. The Morgan fingerprint density at radius 1 is 1.28 bits per heavy atom. The van der Waals surface area contributed by atoms with Gasteiger partial charge in [0.2, 0.25) is 0 Å². The van der Waals surface area contributed by atoms with Crippen molar-refractivity contribution in [2.45, 2.75) is 26.2 Å². The normalized spacial score (nSPS) is 12.3. The lowest BCUT2D eigenvalue weighted by atomic mass is 10.1. The Hall–Kier alpha value is -1.49. The molecule has 0 fully saturated rings. The van der Waals surface area contributed by atoms with Gasteiger partial charge < -0.3 is 9.88 Å². The Balaban J connectivity index is 2.61. The van der Waals surface area contributed by atoms with Crippen LogP contribution in [0.15, 0.2) is 24.4 Å². The van der Waals surface area contributed by atoms with Crippen LogP contribution in [0.3, 0.4) is 0 Å². The van der Waals surface area contributed by atoms with Gasteiger partial charge in [0.25, 0.3) is 0 Å². The van der Waals surface area contributed by atoms with Crippen molar-refractivity contribution in [1.82, 2.24) is 9.88 Å². The lowest BCUT2D eigenvalue weighted by molar-refractivity contribution is -0.137. The number of fused-ring (bicyclic) bond motifs is 1. The summed E-state index contributed by atoms with van der Waals surface area (Å²) < 4.78 is 39.9. The van der Waals surface area contributed by atoms with Gasteiger partial charge in [-0.3, -0.25) is 0 Å². The first-order valence-corrected chi connectivity index (χ1v) is 5.81. The predicted molar refractivity (Wildman–Crippen MR) is 65.4 cm³/mol. The summed E-state index contributed by atoms with van der Waals surface area (Å²) in [5.74, 6) is 0. The molecule has 0 atom stereocenters. The maximum absolute atomic E-state index is 12.7. The fraction of sp³-hybridized carbons (Fsp3) is 0.385. The summed E-state index contributed by atoms with van der Waals surface area (Å²) in [7, 11) is 1.82. The molecular formula is C13H15F3N2. The summed E-state index contributed by atoms with van der Waals surface area (Å²) in [5, 5.41) is 3.90. The SMILES string of the molecule is CCn1cc(CNC)c2ccc(C(F)(F)F)cc21. The number of aryl methyl sites for hydroxylation is 1. The first-order valence-electron chi connectivity index (χ1n) is 5.81. The van der Waals surface area contributed by atoms with Crippen LogP contribution in [0.2, 0.25) is 0 Å². The van der Waals surface area contributed by atoms with Gasteiger partial charge >= 0.3 is 6.18 Å². The Labute approximate surface area is 103 Å². The van der Waals surface area contributed by atoms with Crippen LogP contribution < -0.4 is 5.32 Å². The van der Waals surface area contributed by atoms with Crippen LogP contribution in [0.4, 0.5) is 13.2 Å². The van der Waals surface area contributed by atoms with E-state index in [9.17, 15) is 13.2 Å². The van der Waals surface area contributed by atoms with Crippen LogP contribution in [0.5, 0.6) is 0 Å². The molecular weight excluding hydrogens is 241 g/mol. The van der Waals surface area contributed by atoms with Gasteiger partial charge in [0.15, 0.2) is 0 Å². The summed E-state index contributed by atoms with van der Waals surface area (Å²) in [6.07, 6.45) is -2.39. The van der Waals surface area contributed by atoms with Gasteiger partial charge in [-0.2, -0.15) is 13.2 Å². The maximum atomic E-state index is 12.7. The second kappa shape index (κ2) is 4.65. The summed E-state index contributed by atoms with van der Waals surface area (Å²) in [6.45, 7) is 3.22. The number of benzene rings is 1. The molecule has 1 aromatic carbocycles. The minimum atomic E-state index is -4.29. The van der Waals surface area contributed by atoms with Crippen molar-refractivity contribution in [2.75, 3.05) is 7.05 Å². The minimum Gasteiger partial charge on any atom is -0.347 e. The highest BCUT2D eigenvalue weighted by atomic mass is 19.4. The third kappa shape index (κ3) is 2.22. The van der Waals surface area contributed by atoms with Gasteiger partial charge in [-0.25, -0.2) is 0 Å². The van der Waals surface area contributed by atoms with Gasteiger partial charge in [-0.05, 0) is 31.7 Å². The Morgan fingerprint density at radius 2 is 2.00 bits per heavy atom. The van der Waals surface area contributed by atoms with E-state index in [4.69, 9.17) is 0 Å². The zero-order valence-electron chi connectivity index (χ0n) is 10.3. The minimum absolute atomic E-state index is 0.598. The first kappa shape index (κ1) is 13.0. The topological polar surface area (TPSA) is 17.0 Å². The van der Waals surface area contributed by atoms with Crippen LogP contribution in [0.1, 0.15) is 18.1 Å². The highest BCUT2D eigenvalue weighted by Gasteiger charge is 2.30. The summed E-state index contributed by atoms with van der Waals surface area (Å²) >= 11 is 0. The van der Waals surface area contributed by atoms with Crippen molar-refractivity contribution in [2.24, 2.45) is 0 Å². The van der Waals surface area contributed by atoms with Crippen molar-refractivity contribution in [1.29, 1.82) is 0 Å². The molecule has 1 aromatic heterocycles. The van der Waals surface area contributed by atoms with Gasteiger partial charge in [0.1, 0.15) is 0 Å². The molecule has 1 N–H and O–H groups in total. The number of hydrogen-bond donors (Lipinski definition) is 1. The van der Waals surface area contributed by atoms with E-state index in [1.165, 1.54) is 6.07 Å². The third-order valence-electron chi connectivity index (χ3n) is 3.00. The molecule has 0 saturated heterocycles. The molecule has 2 rings (SSSR count). The number of hydrogen-bond acceptors (Lipinski definition) is 1. The van der Waals surface area contributed by atoms with Crippen molar-refractivity contribution in [3.8, 4) is 0 Å². The van der Waals surface area contributed by atoms with E-state index < -0.39 is 11.7 Å². The van der Waals surface area contributed by atoms with E-state index in [1.54, 1.807) is 6.07 Å². The molecule has 5 heteroatoms. The maximum Gasteiger partial charge on any atom is 0.416 e. The van der Waals surface area contributed by atoms with E-state index in [-0.39, 0.29) is 0 Å². The first-order chi connectivity index (χ1) is 8.47. The Bertz CT molecular complexity index is 555. The van der Waals surface area contributed by atoms with E-state index in [1.807, 2.05) is 24.7 Å². The molecule has 2 aromatic rings. The average Bonchev–Trinajstić information content (AvgIpc) is 2.66. The zero-order chi connectivity index (χ0) is 13.3. The summed E-state index contributed by atoms with van der Waals surface area (Å²) in [6, 6.07) is 3.91. The van der Waals surface area contributed by atoms with E-state index >= 15 is 0 Å². The summed E-state index contributed by atoms with van der Waals surface area (Å²) in [5.41, 5.74) is 1.06. The molecule has 0 radical (unpaired) electrons. The lowest BCUT2D eigenvalue weighted by Crippen LogP contribution is -2.05. The highest BCUT2D eigenvalue weighted by Crippen LogP contribution is 2.32. The second-order valence-corrected chi connectivity index (χ2v) is 4.20. The van der Waals surface area contributed by atoms with Crippen LogP contribution in [-0.4, -0.2) is 11.6 Å². The standard InChI is InChI=1S/C13H15F3N2/c1-3-18-8-9(7-17-2)11-5-4-10(6-12(11)18)13(14,15)16/h4-6,8,17H,3,7H2,1-2H3. The molecule has 0 unspecified atom stereocenters. The molecule has 98 valence electrons. The van der Waals surface area contributed by atoms with Crippen LogP contribution in [0.25, 0.3) is 10.9 Å².